The van der Waals surface area contributed by atoms with Crippen molar-refractivity contribution in [2.75, 3.05) is 5.88 Å². The fraction of sp³-hybridized carbons (Fsp3) is 0.364. The van der Waals surface area contributed by atoms with E-state index in [9.17, 15) is 4.79 Å². The fourth-order valence-corrected chi connectivity index (χ4v) is 3.84. The third-order valence-corrected chi connectivity index (χ3v) is 6.12. The van der Waals surface area contributed by atoms with Crippen molar-refractivity contribution in [2.45, 2.75) is 19.5 Å². The average molecular weight is 227 g/mol. The Morgan fingerprint density at radius 2 is 1.86 bits per heavy atom. The molecular formula is C11H15ClOSi. The molecule has 0 fully saturated rings. The second-order valence-electron chi connectivity index (χ2n) is 3.85. The number of benzene rings is 1. The summed E-state index contributed by atoms with van der Waals surface area (Å²) in [6.07, 6.45) is 0.496. The molecule has 1 aromatic rings. The van der Waals surface area contributed by atoms with E-state index in [1.54, 1.807) is 0 Å². The zero-order chi connectivity index (χ0) is 10.6. The Morgan fingerprint density at radius 3 is 2.36 bits per heavy atom. The van der Waals surface area contributed by atoms with Crippen LogP contribution in [0.5, 0.6) is 0 Å². The van der Waals surface area contributed by atoms with E-state index < -0.39 is 8.07 Å². The molecule has 0 aliphatic rings. The predicted octanol–water partition coefficient (Wildman–Crippen LogP) is 2.34. The van der Waals surface area contributed by atoms with Gasteiger partial charge in [0, 0.05) is 12.3 Å². The largest absolute Gasteiger partial charge is 0.305 e. The second-order valence-corrected chi connectivity index (χ2v) is 8.62. The maximum atomic E-state index is 11.8. The molecule has 0 spiro atoms. The van der Waals surface area contributed by atoms with Crippen LogP contribution in [0.2, 0.25) is 13.1 Å². The SMILES string of the molecule is C[Si](C)(C(=O)CCCl)c1ccccc1. The molecule has 14 heavy (non-hydrogen) atoms. The lowest BCUT2D eigenvalue weighted by molar-refractivity contribution is -0.112. The Balaban J connectivity index is 2.90. The van der Waals surface area contributed by atoms with Crippen LogP contribution < -0.4 is 5.19 Å². The summed E-state index contributed by atoms with van der Waals surface area (Å²) in [7, 11) is -1.93. The molecule has 0 saturated heterocycles. The molecule has 76 valence electrons. The van der Waals surface area contributed by atoms with Gasteiger partial charge in [0.2, 0.25) is 0 Å². The van der Waals surface area contributed by atoms with Crippen molar-refractivity contribution in [1.29, 1.82) is 0 Å². The van der Waals surface area contributed by atoms with E-state index in [0.29, 0.717) is 17.7 Å². The molecule has 0 aromatic heterocycles. The molecule has 3 heteroatoms. The van der Waals surface area contributed by atoms with Gasteiger partial charge in [-0.1, -0.05) is 48.6 Å². The Labute approximate surface area is 91.1 Å². The molecule has 1 rings (SSSR count). The maximum Gasteiger partial charge on any atom is 0.157 e. The van der Waals surface area contributed by atoms with E-state index in [1.165, 1.54) is 5.19 Å². The smallest absolute Gasteiger partial charge is 0.157 e. The first kappa shape index (κ1) is 11.5. The molecular weight excluding hydrogens is 212 g/mol. The van der Waals surface area contributed by atoms with Crippen molar-refractivity contribution >= 4 is 30.3 Å². The highest BCUT2D eigenvalue weighted by Gasteiger charge is 2.31. The van der Waals surface area contributed by atoms with Crippen LogP contribution in [0.3, 0.4) is 0 Å². The standard InChI is InChI=1S/C11H15ClOSi/c1-14(2,11(13)8-9-12)10-6-4-3-5-7-10/h3-7H,8-9H2,1-2H3. The third kappa shape index (κ3) is 2.46. The van der Waals surface area contributed by atoms with Gasteiger partial charge in [-0.25, -0.2) is 0 Å². The highest BCUT2D eigenvalue weighted by atomic mass is 35.5. The zero-order valence-corrected chi connectivity index (χ0v) is 10.3. The molecule has 0 radical (unpaired) electrons. The second kappa shape index (κ2) is 4.76. The Morgan fingerprint density at radius 1 is 1.29 bits per heavy atom. The van der Waals surface area contributed by atoms with E-state index in [4.69, 9.17) is 11.6 Å². The first-order valence-electron chi connectivity index (χ1n) is 4.74. The van der Waals surface area contributed by atoms with Crippen molar-refractivity contribution in [3.8, 4) is 0 Å². The highest BCUT2D eigenvalue weighted by molar-refractivity contribution is 7.13. The lowest BCUT2D eigenvalue weighted by Gasteiger charge is -2.20. The van der Waals surface area contributed by atoms with Crippen LogP contribution in [0.25, 0.3) is 0 Å². The van der Waals surface area contributed by atoms with Crippen LogP contribution in [0.4, 0.5) is 0 Å². The van der Waals surface area contributed by atoms with Crippen molar-refractivity contribution in [2.24, 2.45) is 0 Å². The van der Waals surface area contributed by atoms with Crippen molar-refractivity contribution in [3.63, 3.8) is 0 Å². The molecule has 0 saturated carbocycles. The summed E-state index contributed by atoms with van der Waals surface area (Å²) in [5, 5.41) is 1.52. The summed E-state index contributed by atoms with van der Waals surface area (Å²) in [4.78, 5) is 11.8. The summed E-state index contributed by atoms with van der Waals surface area (Å²) >= 11 is 5.59. The van der Waals surface area contributed by atoms with E-state index in [0.717, 1.165) is 0 Å². The van der Waals surface area contributed by atoms with E-state index in [-0.39, 0.29) is 0 Å². The molecule has 0 N–H and O–H groups in total. The van der Waals surface area contributed by atoms with Crippen molar-refractivity contribution in [3.05, 3.63) is 30.3 Å². The topological polar surface area (TPSA) is 17.1 Å². The minimum atomic E-state index is -1.93. The number of hydrogen-bond acceptors (Lipinski definition) is 1. The first-order valence-corrected chi connectivity index (χ1v) is 8.27. The molecule has 0 unspecified atom stereocenters. The number of alkyl halides is 1. The minimum Gasteiger partial charge on any atom is -0.305 e. The van der Waals surface area contributed by atoms with Gasteiger partial charge in [0.1, 0.15) is 5.41 Å². The summed E-state index contributed by atoms with van der Waals surface area (Å²) in [5.41, 5.74) is 0. The number of hydrogen-bond donors (Lipinski definition) is 0. The third-order valence-electron chi connectivity index (χ3n) is 2.51. The van der Waals surface area contributed by atoms with Crippen LogP contribution in [0.1, 0.15) is 6.42 Å². The maximum absolute atomic E-state index is 11.8. The van der Waals surface area contributed by atoms with Crippen molar-refractivity contribution in [1.82, 2.24) is 0 Å². The number of rotatable bonds is 4. The number of carbonyl (C=O) groups excluding carboxylic acids is 1. The van der Waals surface area contributed by atoms with E-state index in [1.807, 2.05) is 30.3 Å². The van der Waals surface area contributed by atoms with Gasteiger partial charge in [0.25, 0.3) is 0 Å². The molecule has 1 aromatic carbocycles. The van der Waals surface area contributed by atoms with Gasteiger partial charge in [-0.3, -0.25) is 0 Å². The van der Waals surface area contributed by atoms with Crippen molar-refractivity contribution < 1.29 is 4.79 Å². The van der Waals surface area contributed by atoms with E-state index in [2.05, 4.69) is 13.1 Å². The van der Waals surface area contributed by atoms with Crippen LogP contribution >= 0.6 is 11.6 Å². The summed E-state index contributed by atoms with van der Waals surface area (Å²) in [5.74, 6) is 0.433. The molecule has 0 aliphatic heterocycles. The highest BCUT2D eigenvalue weighted by Crippen LogP contribution is 2.07. The normalized spacial score (nSPS) is 11.4. The first-order chi connectivity index (χ1) is 6.59. The van der Waals surface area contributed by atoms with Gasteiger partial charge in [-0.2, -0.15) is 0 Å². The quantitative estimate of drug-likeness (QED) is 0.569. The fourth-order valence-electron chi connectivity index (χ4n) is 1.41. The summed E-state index contributed by atoms with van der Waals surface area (Å²) < 4.78 is 0. The molecule has 0 bridgehead atoms. The van der Waals surface area contributed by atoms with Gasteiger partial charge >= 0.3 is 0 Å². The summed E-state index contributed by atoms with van der Waals surface area (Å²) in [6, 6.07) is 10.0. The van der Waals surface area contributed by atoms with Crippen LogP contribution in [0, 0.1) is 0 Å². The molecule has 0 atom stereocenters. The molecule has 1 nitrogen and oxygen atoms in total. The Hall–Kier alpha value is -0.603. The van der Waals surface area contributed by atoms with Crippen LogP contribution in [0.15, 0.2) is 30.3 Å². The lowest BCUT2D eigenvalue weighted by atomic mass is 10.4. The Kier molecular flexibility index (Phi) is 3.90. The van der Waals surface area contributed by atoms with Gasteiger partial charge in [0.15, 0.2) is 8.07 Å². The minimum absolute atomic E-state index is 0.332. The van der Waals surface area contributed by atoms with Gasteiger partial charge in [0.05, 0.1) is 0 Å². The monoisotopic (exact) mass is 226 g/mol. The lowest BCUT2D eigenvalue weighted by Crippen LogP contribution is -2.49. The van der Waals surface area contributed by atoms with Gasteiger partial charge < -0.3 is 4.79 Å². The van der Waals surface area contributed by atoms with Crippen LogP contribution in [-0.4, -0.2) is 19.4 Å². The van der Waals surface area contributed by atoms with E-state index >= 15 is 0 Å². The van der Waals surface area contributed by atoms with Gasteiger partial charge in [-0.15, -0.1) is 11.6 Å². The summed E-state index contributed by atoms with van der Waals surface area (Å²) in [6.45, 7) is 4.16. The van der Waals surface area contributed by atoms with Gasteiger partial charge in [-0.05, 0) is 0 Å². The zero-order valence-electron chi connectivity index (χ0n) is 8.59. The van der Waals surface area contributed by atoms with Crippen LogP contribution in [-0.2, 0) is 4.79 Å². The molecule has 0 amide bonds. The number of carbonyl (C=O) groups is 1. The Bertz CT molecular complexity index is 308. The average Bonchev–Trinajstić information content (AvgIpc) is 2.19. The molecule has 0 heterocycles. The predicted molar refractivity (Wildman–Crippen MR) is 63.9 cm³/mol. The number of halogens is 1. The molecule has 0 aliphatic carbocycles.